The van der Waals surface area contributed by atoms with Crippen LogP contribution < -0.4 is 10.2 Å². The Balaban J connectivity index is 1.67. The van der Waals surface area contributed by atoms with Crippen molar-refractivity contribution in [1.29, 1.82) is 0 Å². The van der Waals surface area contributed by atoms with Crippen LogP contribution in [0.2, 0.25) is 0 Å². The zero-order chi connectivity index (χ0) is 18.0. The van der Waals surface area contributed by atoms with E-state index < -0.39 is 0 Å². The lowest BCUT2D eigenvalue weighted by molar-refractivity contribution is 0.0797. The summed E-state index contributed by atoms with van der Waals surface area (Å²) in [6.07, 6.45) is 3.80. The summed E-state index contributed by atoms with van der Waals surface area (Å²) in [5.41, 5.74) is 1.97. The number of hydrogen-bond acceptors (Lipinski definition) is 5. The van der Waals surface area contributed by atoms with Crippen molar-refractivity contribution in [2.75, 3.05) is 38.6 Å². The number of rotatable bonds is 5. The summed E-state index contributed by atoms with van der Waals surface area (Å²) >= 11 is 0. The van der Waals surface area contributed by atoms with E-state index in [0.717, 1.165) is 13.1 Å². The van der Waals surface area contributed by atoms with Crippen LogP contribution >= 0.6 is 0 Å². The number of fused-ring (bicyclic) bond motifs is 1. The van der Waals surface area contributed by atoms with Crippen LogP contribution in [0.15, 0.2) is 22.6 Å². The third kappa shape index (κ3) is 3.95. The van der Waals surface area contributed by atoms with Crippen LogP contribution in [0.25, 0.3) is 11.1 Å². The molecule has 0 bridgehead atoms. The number of carbonyl (C=O) groups is 1. The zero-order valence-electron chi connectivity index (χ0n) is 15.6. The van der Waals surface area contributed by atoms with Gasteiger partial charge in [-0.1, -0.05) is 6.42 Å². The molecule has 136 valence electrons. The molecule has 1 amide bonds. The normalized spacial score (nSPS) is 16.2. The van der Waals surface area contributed by atoms with Crippen LogP contribution in [0.3, 0.4) is 0 Å². The molecular formula is C19H28N4O2. The van der Waals surface area contributed by atoms with E-state index in [4.69, 9.17) is 4.42 Å². The molecule has 2 aromatic rings. The largest absolute Gasteiger partial charge is 0.423 e. The van der Waals surface area contributed by atoms with E-state index in [-0.39, 0.29) is 11.4 Å². The van der Waals surface area contributed by atoms with Gasteiger partial charge < -0.3 is 14.6 Å². The van der Waals surface area contributed by atoms with Gasteiger partial charge in [-0.15, -0.1) is 0 Å². The van der Waals surface area contributed by atoms with Gasteiger partial charge in [0.25, 0.3) is 11.9 Å². The molecule has 0 aliphatic carbocycles. The van der Waals surface area contributed by atoms with Crippen molar-refractivity contribution >= 4 is 23.0 Å². The molecule has 1 N–H and O–H groups in total. The highest BCUT2D eigenvalue weighted by Crippen LogP contribution is 2.22. The molecule has 1 saturated heterocycles. The number of nitrogens with zero attached hydrogens (tertiary/aromatic N) is 3. The number of benzene rings is 1. The zero-order valence-corrected chi connectivity index (χ0v) is 15.6. The third-order valence-corrected chi connectivity index (χ3v) is 4.91. The lowest BCUT2D eigenvalue weighted by Gasteiger charge is -2.41. The highest BCUT2D eigenvalue weighted by Gasteiger charge is 2.28. The quantitative estimate of drug-likeness (QED) is 0.904. The van der Waals surface area contributed by atoms with E-state index >= 15 is 0 Å². The van der Waals surface area contributed by atoms with Crippen molar-refractivity contribution < 1.29 is 9.21 Å². The van der Waals surface area contributed by atoms with Gasteiger partial charge in [0.15, 0.2) is 5.58 Å². The molecule has 1 aliphatic heterocycles. The number of likely N-dealkylation sites (tertiary alicyclic amines) is 1. The maximum absolute atomic E-state index is 12.6. The van der Waals surface area contributed by atoms with E-state index in [1.807, 2.05) is 14.1 Å². The number of hydrogen-bond donors (Lipinski definition) is 1. The Kier molecular flexibility index (Phi) is 4.99. The smallest absolute Gasteiger partial charge is 0.297 e. The number of aromatic nitrogens is 1. The summed E-state index contributed by atoms with van der Waals surface area (Å²) in [6.45, 7) is 7.25. The summed E-state index contributed by atoms with van der Waals surface area (Å²) in [5, 5.41) is 3.08. The topological polar surface area (TPSA) is 61.6 Å². The van der Waals surface area contributed by atoms with Crippen LogP contribution in [0.4, 0.5) is 6.01 Å². The van der Waals surface area contributed by atoms with E-state index in [1.54, 1.807) is 23.1 Å². The lowest BCUT2D eigenvalue weighted by atomic mass is 9.98. The van der Waals surface area contributed by atoms with Gasteiger partial charge in [-0.05, 0) is 58.0 Å². The lowest BCUT2D eigenvalue weighted by Crippen LogP contribution is -2.53. The summed E-state index contributed by atoms with van der Waals surface area (Å²) < 4.78 is 5.63. The van der Waals surface area contributed by atoms with Gasteiger partial charge >= 0.3 is 0 Å². The van der Waals surface area contributed by atoms with Crippen molar-refractivity contribution in [2.45, 2.75) is 38.6 Å². The van der Waals surface area contributed by atoms with E-state index in [1.165, 1.54) is 19.3 Å². The van der Waals surface area contributed by atoms with Crippen molar-refractivity contribution in [2.24, 2.45) is 0 Å². The first kappa shape index (κ1) is 17.7. The molecule has 6 nitrogen and oxygen atoms in total. The Bertz CT molecular complexity index is 745. The number of piperidine rings is 1. The summed E-state index contributed by atoms with van der Waals surface area (Å²) in [7, 11) is 3.75. The van der Waals surface area contributed by atoms with E-state index in [2.05, 4.69) is 29.0 Å². The summed E-state index contributed by atoms with van der Waals surface area (Å²) in [5.74, 6) is -0.0682. The van der Waals surface area contributed by atoms with Gasteiger partial charge in [-0.2, -0.15) is 4.98 Å². The Hall–Kier alpha value is -2.08. The predicted octanol–water partition coefficient (Wildman–Crippen LogP) is 2.89. The number of carbonyl (C=O) groups excluding carboxylic acids is 1. The SMILES string of the molecule is CN(C)c1nc2cc(C(=O)NCC(C)(C)N3CCCCC3)ccc2o1. The van der Waals surface area contributed by atoms with E-state index in [0.29, 0.717) is 29.2 Å². The maximum Gasteiger partial charge on any atom is 0.297 e. The molecule has 1 aromatic carbocycles. The second kappa shape index (κ2) is 7.04. The average molecular weight is 344 g/mol. The van der Waals surface area contributed by atoms with Crippen LogP contribution in [0, 0.1) is 0 Å². The summed E-state index contributed by atoms with van der Waals surface area (Å²) in [4.78, 5) is 21.2. The fraction of sp³-hybridized carbons (Fsp3) is 0.579. The van der Waals surface area contributed by atoms with Gasteiger partial charge in [0.1, 0.15) is 5.52 Å². The van der Waals surface area contributed by atoms with Crippen LogP contribution in [0.1, 0.15) is 43.5 Å². The first-order valence-corrected chi connectivity index (χ1v) is 8.98. The van der Waals surface area contributed by atoms with Crippen molar-refractivity contribution in [1.82, 2.24) is 15.2 Å². The predicted molar refractivity (Wildman–Crippen MR) is 100 cm³/mol. The minimum atomic E-state index is -0.0682. The Labute approximate surface area is 149 Å². The molecule has 0 radical (unpaired) electrons. The summed E-state index contributed by atoms with van der Waals surface area (Å²) in [6, 6.07) is 5.92. The highest BCUT2D eigenvalue weighted by molar-refractivity contribution is 5.97. The van der Waals surface area contributed by atoms with Crippen LogP contribution in [-0.4, -0.2) is 55.1 Å². The Morgan fingerprint density at radius 3 is 2.68 bits per heavy atom. The highest BCUT2D eigenvalue weighted by atomic mass is 16.4. The Morgan fingerprint density at radius 1 is 1.28 bits per heavy atom. The molecule has 0 atom stereocenters. The first-order valence-electron chi connectivity index (χ1n) is 8.98. The van der Waals surface area contributed by atoms with Gasteiger partial charge in [-0.3, -0.25) is 9.69 Å². The molecular weight excluding hydrogens is 316 g/mol. The van der Waals surface area contributed by atoms with Crippen LogP contribution in [-0.2, 0) is 0 Å². The standard InChI is InChI=1S/C19H28N4O2/c1-19(2,23-10-6-5-7-11-23)13-20-17(24)14-8-9-16-15(12-14)21-18(25-16)22(3)4/h8-9,12H,5-7,10-11,13H2,1-4H3,(H,20,24). The molecule has 25 heavy (non-hydrogen) atoms. The van der Waals surface area contributed by atoms with Gasteiger partial charge in [0.2, 0.25) is 0 Å². The molecule has 1 fully saturated rings. The second-order valence-corrected chi connectivity index (χ2v) is 7.62. The molecule has 1 aliphatic rings. The number of amides is 1. The molecule has 2 heterocycles. The molecule has 0 spiro atoms. The van der Waals surface area contributed by atoms with Gasteiger partial charge in [0.05, 0.1) is 0 Å². The third-order valence-electron chi connectivity index (χ3n) is 4.91. The first-order chi connectivity index (χ1) is 11.9. The second-order valence-electron chi connectivity index (χ2n) is 7.62. The fourth-order valence-corrected chi connectivity index (χ4v) is 3.26. The van der Waals surface area contributed by atoms with Crippen molar-refractivity contribution in [3.05, 3.63) is 23.8 Å². The molecule has 6 heteroatoms. The van der Waals surface area contributed by atoms with Gasteiger partial charge in [0, 0.05) is 31.7 Å². The number of anilines is 1. The molecule has 1 aromatic heterocycles. The van der Waals surface area contributed by atoms with Crippen molar-refractivity contribution in [3.63, 3.8) is 0 Å². The number of oxazole rings is 1. The van der Waals surface area contributed by atoms with Gasteiger partial charge in [-0.25, -0.2) is 0 Å². The average Bonchev–Trinajstić information content (AvgIpc) is 3.04. The van der Waals surface area contributed by atoms with Crippen molar-refractivity contribution in [3.8, 4) is 0 Å². The maximum atomic E-state index is 12.6. The molecule has 0 unspecified atom stereocenters. The molecule has 3 rings (SSSR count). The van der Waals surface area contributed by atoms with Crippen LogP contribution in [0.5, 0.6) is 0 Å². The number of nitrogens with one attached hydrogen (secondary N) is 1. The minimum Gasteiger partial charge on any atom is -0.423 e. The monoisotopic (exact) mass is 344 g/mol. The molecule has 0 saturated carbocycles. The minimum absolute atomic E-state index is 0.0356. The fourth-order valence-electron chi connectivity index (χ4n) is 3.26. The van der Waals surface area contributed by atoms with E-state index in [9.17, 15) is 4.79 Å². The Morgan fingerprint density at radius 2 is 2.00 bits per heavy atom.